The Hall–Kier alpha value is -1.63. The van der Waals surface area contributed by atoms with E-state index in [9.17, 15) is 13.2 Å². The first-order chi connectivity index (χ1) is 11.4. The van der Waals surface area contributed by atoms with Gasteiger partial charge in [-0.1, -0.05) is 17.7 Å². The zero-order valence-corrected chi connectivity index (χ0v) is 14.6. The number of guanidine groups is 1. The van der Waals surface area contributed by atoms with E-state index in [4.69, 9.17) is 16.3 Å². The molecule has 0 bridgehead atoms. The monoisotopic (exact) mass is 365 g/mol. The zero-order chi connectivity index (χ0) is 18.0. The van der Waals surface area contributed by atoms with Gasteiger partial charge in [-0.15, -0.1) is 0 Å². The van der Waals surface area contributed by atoms with Crippen LogP contribution in [0.25, 0.3) is 0 Å². The molecule has 8 heteroatoms. The van der Waals surface area contributed by atoms with Crippen LogP contribution < -0.4 is 15.4 Å². The van der Waals surface area contributed by atoms with E-state index in [1.54, 1.807) is 20.2 Å². The van der Waals surface area contributed by atoms with Crippen molar-refractivity contribution in [3.8, 4) is 5.75 Å². The van der Waals surface area contributed by atoms with Gasteiger partial charge in [0.25, 0.3) is 0 Å². The molecule has 0 fully saturated rings. The molecule has 0 radical (unpaired) electrons. The van der Waals surface area contributed by atoms with Gasteiger partial charge in [0.1, 0.15) is 5.75 Å². The van der Waals surface area contributed by atoms with Crippen molar-refractivity contribution in [2.45, 2.75) is 31.9 Å². The third-order valence-corrected chi connectivity index (χ3v) is 3.70. The Labute approximate surface area is 145 Å². The topological polar surface area (TPSA) is 45.7 Å². The van der Waals surface area contributed by atoms with Gasteiger partial charge >= 0.3 is 6.18 Å². The number of nitrogens with one attached hydrogen (secondary N) is 2. The number of benzene rings is 1. The van der Waals surface area contributed by atoms with Crippen LogP contribution >= 0.6 is 11.6 Å². The van der Waals surface area contributed by atoms with Gasteiger partial charge in [-0.3, -0.25) is 4.99 Å². The molecule has 136 valence electrons. The van der Waals surface area contributed by atoms with Gasteiger partial charge < -0.3 is 15.4 Å². The predicted molar refractivity (Wildman–Crippen MR) is 91.0 cm³/mol. The number of aliphatic imine (C=N–C) groups is 1. The summed E-state index contributed by atoms with van der Waals surface area (Å²) in [4.78, 5) is 4.03. The molecule has 0 unspecified atom stereocenters. The highest BCUT2D eigenvalue weighted by molar-refractivity contribution is 6.31. The maximum atomic E-state index is 12.0. The molecule has 2 N–H and O–H groups in total. The second kappa shape index (κ2) is 10.3. The van der Waals surface area contributed by atoms with Crippen molar-refractivity contribution in [1.82, 2.24) is 10.6 Å². The molecule has 0 saturated carbocycles. The number of hydrogen-bond acceptors (Lipinski definition) is 2. The molecule has 0 aliphatic carbocycles. The van der Waals surface area contributed by atoms with Crippen LogP contribution in [0.1, 0.15) is 24.8 Å². The fraction of sp³-hybridized carbons (Fsp3) is 0.562. The molecule has 24 heavy (non-hydrogen) atoms. The Morgan fingerprint density at radius 3 is 2.50 bits per heavy atom. The van der Waals surface area contributed by atoms with E-state index in [1.807, 2.05) is 12.1 Å². The number of rotatable bonds is 8. The van der Waals surface area contributed by atoms with Crippen LogP contribution in [0.5, 0.6) is 5.75 Å². The number of methoxy groups -OCH3 is 1. The lowest BCUT2D eigenvalue weighted by Crippen LogP contribution is -2.38. The number of ether oxygens (including phenoxy) is 1. The van der Waals surface area contributed by atoms with Crippen LogP contribution in [-0.2, 0) is 6.42 Å². The Bertz CT molecular complexity index is 536. The lowest BCUT2D eigenvalue weighted by atomic mass is 10.1. The van der Waals surface area contributed by atoms with E-state index in [0.717, 1.165) is 5.56 Å². The van der Waals surface area contributed by atoms with E-state index >= 15 is 0 Å². The number of hydrogen-bond donors (Lipinski definition) is 2. The molecule has 0 heterocycles. The third-order valence-electron chi connectivity index (χ3n) is 3.35. The minimum absolute atomic E-state index is 0.106. The molecule has 1 rings (SSSR count). The van der Waals surface area contributed by atoms with Crippen LogP contribution in [0, 0.1) is 0 Å². The van der Waals surface area contributed by atoms with Crippen LogP contribution in [-0.4, -0.2) is 39.4 Å². The fourth-order valence-electron chi connectivity index (χ4n) is 2.05. The first-order valence-electron chi connectivity index (χ1n) is 7.69. The molecule has 0 aromatic heterocycles. The average molecular weight is 366 g/mol. The maximum absolute atomic E-state index is 12.0. The van der Waals surface area contributed by atoms with Crippen molar-refractivity contribution in [3.05, 3.63) is 28.8 Å². The van der Waals surface area contributed by atoms with E-state index < -0.39 is 12.6 Å². The van der Waals surface area contributed by atoms with Gasteiger partial charge in [-0.2, -0.15) is 13.2 Å². The minimum atomic E-state index is -4.09. The molecule has 0 saturated heterocycles. The smallest absolute Gasteiger partial charge is 0.389 e. The Morgan fingerprint density at radius 2 is 1.92 bits per heavy atom. The average Bonchev–Trinajstić information content (AvgIpc) is 2.53. The second-order valence-electron chi connectivity index (χ2n) is 5.21. The van der Waals surface area contributed by atoms with Crippen molar-refractivity contribution in [2.24, 2.45) is 4.99 Å². The molecular formula is C16H23ClF3N3O. The van der Waals surface area contributed by atoms with Crippen LogP contribution in [0.3, 0.4) is 0 Å². The van der Waals surface area contributed by atoms with Crippen molar-refractivity contribution in [3.63, 3.8) is 0 Å². The maximum Gasteiger partial charge on any atom is 0.389 e. The summed E-state index contributed by atoms with van der Waals surface area (Å²) >= 11 is 6.17. The number of unbranched alkanes of at least 4 members (excludes halogenated alkanes) is 1. The largest absolute Gasteiger partial charge is 0.497 e. The minimum Gasteiger partial charge on any atom is -0.497 e. The standard InChI is InChI=1S/C16H23ClF3N3O/c1-21-15(22-9-4-3-8-16(18,19)20)23-10-7-12-5-6-13(24-2)11-14(12)17/h5-6,11H,3-4,7-10H2,1-2H3,(H2,21,22,23). The van der Waals surface area contributed by atoms with Crippen LogP contribution in [0.2, 0.25) is 5.02 Å². The van der Waals surface area contributed by atoms with Crippen molar-refractivity contribution < 1.29 is 17.9 Å². The summed E-state index contributed by atoms with van der Waals surface area (Å²) in [5, 5.41) is 6.73. The van der Waals surface area contributed by atoms with Gasteiger partial charge in [0.2, 0.25) is 0 Å². The van der Waals surface area contributed by atoms with Gasteiger partial charge in [-0.25, -0.2) is 0 Å². The molecule has 1 aromatic carbocycles. The normalized spacial score (nSPS) is 12.2. The number of alkyl halides is 3. The summed E-state index contributed by atoms with van der Waals surface area (Å²) in [6.45, 7) is 1.05. The third kappa shape index (κ3) is 8.29. The summed E-state index contributed by atoms with van der Waals surface area (Å²) in [6.07, 6.45) is -3.61. The summed E-state index contributed by atoms with van der Waals surface area (Å²) < 4.78 is 41.2. The quantitative estimate of drug-likeness (QED) is 0.418. The molecule has 0 spiro atoms. The Balaban J connectivity index is 2.27. The summed E-state index contributed by atoms with van der Waals surface area (Å²) in [7, 11) is 3.20. The fourth-order valence-corrected chi connectivity index (χ4v) is 2.32. The Morgan fingerprint density at radius 1 is 1.21 bits per heavy atom. The second-order valence-corrected chi connectivity index (χ2v) is 5.61. The molecule has 4 nitrogen and oxygen atoms in total. The molecule has 0 aliphatic heterocycles. The molecule has 0 atom stereocenters. The van der Waals surface area contributed by atoms with Gasteiger partial charge in [-0.05, 0) is 37.0 Å². The van der Waals surface area contributed by atoms with Gasteiger partial charge in [0, 0.05) is 31.6 Å². The van der Waals surface area contributed by atoms with E-state index in [1.165, 1.54) is 0 Å². The lowest BCUT2D eigenvalue weighted by molar-refractivity contribution is -0.135. The highest BCUT2D eigenvalue weighted by Crippen LogP contribution is 2.23. The molecule has 0 amide bonds. The summed E-state index contributed by atoms with van der Waals surface area (Å²) in [5.74, 6) is 1.26. The number of nitrogens with zero attached hydrogens (tertiary/aromatic N) is 1. The summed E-state index contributed by atoms with van der Waals surface area (Å²) in [6, 6.07) is 5.50. The highest BCUT2D eigenvalue weighted by atomic mass is 35.5. The number of halogens is 4. The van der Waals surface area contributed by atoms with E-state index in [-0.39, 0.29) is 6.42 Å². The molecule has 0 aliphatic rings. The van der Waals surface area contributed by atoms with Gasteiger partial charge in [0.05, 0.1) is 7.11 Å². The first-order valence-corrected chi connectivity index (χ1v) is 8.07. The van der Waals surface area contributed by atoms with Crippen LogP contribution in [0.4, 0.5) is 13.2 Å². The highest BCUT2D eigenvalue weighted by Gasteiger charge is 2.25. The Kier molecular flexibility index (Phi) is 8.74. The van der Waals surface area contributed by atoms with Crippen LogP contribution in [0.15, 0.2) is 23.2 Å². The molecular weight excluding hydrogens is 343 g/mol. The van der Waals surface area contributed by atoms with Crippen molar-refractivity contribution in [1.29, 1.82) is 0 Å². The SMILES string of the molecule is CN=C(NCCCCC(F)(F)F)NCCc1ccc(OC)cc1Cl. The van der Waals surface area contributed by atoms with E-state index in [2.05, 4.69) is 15.6 Å². The lowest BCUT2D eigenvalue weighted by Gasteiger charge is -2.13. The van der Waals surface area contributed by atoms with Gasteiger partial charge in [0.15, 0.2) is 5.96 Å². The van der Waals surface area contributed by atoms with E-state index in [0.29, 0.717) is 42.7 Å². The first kappa shape index (κ1) is 20.4. The predicted octanol–water partition coefficient (Wildman–Crippen LogP) is 3.79. The summed E-state index contributed by atoms with van der Waals surface area (Å²) in [5.41, 5.74) is 0.977. The van der Waals surface area contributed by atoms with Crippen molar-refractivity contribution >= 4 is 17.6 Å². The zero-order valence-electron chi connectivity index (χ0n) is 13.8. The molecule has 1 aromatic rings. The van der Waals surface area contributed by atoms with Crippen molar-refractivity contribution in [2.75, 3.05) is 27.2 Å².